The first kappa shape index (κ1) is 29.7. The first-order chi connectivity index (χ1) is 18.6. The maximum atomic E-state index is 13.4. The minimum absolute atomic E-state index is 0.0202. The third kappa shape index (κ3) is 6.80. The lowest BCUT2D eigenvalue weighted by Crippen LogP contribution is -2.34. The highest BCUT2D eigenvalue weighted by atomic mass is 16.5. The Morgan fingerprint density at radius 3 is 2.33 bits per heavy atom. The molecule has 3 aliphatic rings. The average Bonchev–Trinajstić information content (AvgIpc) is 3.68. The number of allylic oxidation sites excluding steroid dienone is 5. The summed E-state index contributed by atoms with van der Waals surface area (Å²) in [5.74, 6) is 3.54. The van der Waals surface area contributed by atoms with E-state index in [2.05, 4.69) is 30.2 Å². The summed E-state index contributed by atoms with van der Waals surface area (Å²) < 4.78 is 16.5. The lowest BCUT2D eigenvalue weighted by Gasteiger charge is -2.25. The third-order valence-electron chi connectivity index (χ3n) is 7.57. The van der Waals surface area contributed by atoms with Crippen molar-refractivity contribution in [2.75, 3.05) is 21.3 Å². The van der Waals surface area contributed by atoms with Crippen molar-refractivity contribution < 1.29 is 28.6 Å². The molecule has 1 heterocycles. The van der Waals surface area contributed by atoms with Crippen LogP contribution in [0.2, 0.25) is 0 Å². The van der Waals surface area contributed by atoms with Crippen LogP contribution in [0.3, 0.4) is 0 Å². The number of rotatable bonds is 3. The summed E-state index contributed by atoms with van der Waals surface area (Å²) in [6.07, 6.45) is 23.4. The Kier molecular flexibility index (Phi) is 9.78. The van der Waals surface area contributed by atoms with E-state index in [-0.39, 0.29) is 58.5 Å². The third-order valence-corrected chi connectivity index (χ3v) is 7.57. The van der Waals surface area contributed by atoms with E-state index >= 15 is 0 Å². The van der Waals surface area contributed by atoms with Crippen LogP contribution in [0.15, 0.2) is 58.7 Å². The Bertz CT molecular complexity index is 1240. The summed E-state index contributed by atoms with van der Waals surface area (Å²) in [5.41, 5.74) is 0.821. The maximum absolute atomic E-state index is 13.4. The van der Waals surface area contributed by atoms with Gasteiger partial charge in [-0.05, 0) is 56.6 Å². The number of amides is 1. The molecule has 7 nitrogen and oxygen atoms in total. The van der Waals surface area contributed by atoms with E-state index < -0.39 is 17.5 Å². The zero-order valence-electron chi connectivity index (χ0n) is 23.3. The van der Waals surface area contributed by atoms with Gasteiger partial charge in [0.25, 0.3) is 5.91 Å². The highest BCUT2D eigenvalue weighted by molar-refractivity contribution is 6.23. The van der Waals surface area contributed by atoms with Crippen LogP contribution >= 0.6 is 0 Å². The lowest BCUT2D eigenvalue weighted by atomic mass is 9.82. The molecule has 0 aromatic heterocycles. The number of hydrogen-bond donors (Lipinski definition) is 1. The second-order valence-electron chi connectivity index (χ2n) is 10.5. The SMILES string of the molecule is C#C[C@@H]1CC2=C(OC)C(=O)C=C(NC(=O)/C(OC)=C/C=C\C3(CC3)[C@@H](OC)/C(C)=C/[C@H](C#C)C[C@@H](C)C1)C2=O. The van der Waals surface area contributed by atoms with Crippen molar-refractivity contribution in [3.05, 3.63) is 58.7 Å². The number of Topliss-reactive ketones (excluding diaryl/α,β-unsaturated/α-hetero) is 1. The monoisotopic (exact) mass is 531 g/mol. The summed E-state index contributed by atoms with van der Waals surface area (Å²) in [6.45, 7) is 4.10. The molecule has 1 fully saturated rings. The molecule has 1 saturated carbocycles. The predicted octanol–water partition coefficient (Wildman–Crippen LogP) is 4.19. The van der Waals surface area contributed by atoms with Gasteiger partial charge in [0.15, 0.2) is 11.5 Å². The fourth-order valence-electron chi connectivity index (χ4n) is 5.52. The highest BCUT2D eigenvalue weighted by Gasteiger charge is 2.48. The molecule has 206 valence electrons. The second-order valence-corrected chi connectivity index (χ2v) is 10.5. The van der Waals surface area contributed by atoms with Crippen molar-refractivity contribution in [2.45, 2.75) is 52.1 Å². The largest absolute Gasteiger partial charge is 0.492 e. The first-order valence-electron chi connectivity index (χ1n) is 13.1. The minimum atomic E-state index is -0.657. The molecule has 2 aliphatic carbocycles. The van der Waals surface area contributed by atoms with Gasteiger partial charge in [-0.15, -0.1) is 18.8 Å². The Hall–Kier alpha value is -3.81. The van der Waals surface area contributed by atoms with Crippen LogP contribution in [0.5, 0.6) is 0 Å². The molecule has 4 atom stereocenters. The normalized spacial score (nSPS) is 31.5. The van der Waals surface area contributed by atoms with Gasteiger partial charge >= 0.3 is 0 Å². The average molecular weight is 532 g/mol. The number of ether oxygens (including phenoxy) is 3. The highest BCUT2D eigenvalue weighted by Crippen LogP contribution is 2.53. The van der Waals surface area contributed by atoms with Crippen LogP contribution in [0.25, 0.3) is 0 Å². The van der Waals surface area contributed by atoms with Crippen LogP contribution in [-0.2, 0) is 28.6 Å². The first-order valence-corrected chi connectivity index (χ1v) is 13.1. The molecule has 3 rings (SSSR count). The molecule has 2 bridgehead atoms. The summed E-state index contributed by atoms with van der Waals surface area (Å²) in [7, 11) is 4.38. The van der Waals surface area contributed by atoms with Gasteiger partial charge in [0.05, 0.1) is 26.0 Å². The van der Waals surface area contributed by atoms with Gasteiger partial charge in [-0.2, -0.15) is 0 Å². The minimum Gasteiger partial charge on any atom is -0.492 e. The number of carbonyl (C=O) groups is 3. The molecule has 7 heteroatoms. The van der Waals surface area contributed by atoms with Gasteiger partial charge in [-0.3, -0.25) is 14.4 Å². The van der Waals surface area contributed by atoms with Gasteiger partial charge in [0, 0.05) is 36.0 Å². The molecule has 1 N–H and O–H groups in total. The van der Waals surface area contributed by atoms with Crippen molar-refractivity contribution in [3.63, 3.8) is 0 Å². The molecular formula is C32H37NO6. The number of terminal acetylenes is 2. The van der Waals surface area contributed by atoms with Crippen molar-refractivity contribution in [1.82, 2.24) is 5.32 Å². The molecule has 1 spiro atoms. The predicted molar refractivity (Wildman–Crippen MR) is 148 cm³/mol. The van der Waals surface area contributed by atoms with E-state index in [9.17, 15) is 14.4 Å². The van der Waals surface area contributed by atoms with Crippen LogP contribution < -0.4 is 5.32 Å². The lowest BCUT2D eigenvalue weighted by molar-refractivity contribution is -0.122. The van der Waals surface area contributed by atoms with E-state index in [4.69, 9.17) is 27.1 Å². The van der Waals surface area contributed by atoms with Gasteiger partial charge in [-0.25, -0.2) is 0 Å². The molecule has 0 aromatic rings. The number of hydrogen-bond acceptors (Lipinski definition) is 6. The van der Waals surface area contributed by atoms with Crippen LogP contribution in [0, 0.1) is 47.9 Å². The van der Waals surface area contributed by atoms with Gasteiger partial charge in [0.2, 0.25) is 11.6 Å². The fourth-order valence-corrected chi connectivity index (χ4v) is 5.52. The number of carbonyl (C=O) groups excluding carboxylic acids is 3. The zero-order chi connectivity index (χ0) is 28.7. The summed E-state index contributed by atoms with van der Waals surface area (Å²) in [5, 5.41) is 2.53. The molecule has 1 aliphatic heterocycles. The van der Waals surface area contributed by atoms with Gasteiger partial charge in [-0.1, -0.05) is 31.1 Å². The summed E-state index contributed by atoms with van der Waals surface area (Å²) >= 11 is 0. The Labute approximate surface area is 231 Å². The van der Waals surface area contributed by atoms with E-state index in [0.29, 0.717) is 12.8 Å². The number of methoxy groups -OCH3 is 3. The van der Waals surface area contributed by atoms with Crippen LogP contribution in [0.1, 0.15) is 46.0 Å². The number of ketones is 2. The van der Waals surface area contributed by atoms with Crippen molar-refractivity contribution in [1.29, 1.82) is 0 Å². The molecule has 0 aromatic carbocycles. The summed E-state index contributed by atoms with van der Waals surface area (Å²) in [6, 6.07) is 0. The topological polar surface area (TPSA) is 90.9 Å². The quantitative estimate of drug-likeness (QED) is 0.334. The van der Waals surface area contributed by atoms with Crippen LogP contribution in [-0.4, -0.2) is 44.9 Å². The van der Waals surface area contributed by atoms with E-state index in [1.165, 1.54) is 20.3 Å². The molecule has 0 unspecified atom stereocenters. The van der Waals surface area contributed by atoms with E-state index in [0.717, 1.165) is 24.5 Å². The zero-order valence-corrected chi connectivity index (χ0v) is 23.3. The van der Waals surface area contributed by atoms with Crippen molar-refractivity contribution in [2.24, 2.45) is 23.2 Å². The molecule has 0 radical (unpaired) electrons. The van der Waals surface area contributed by atoms with Gasteiger partial charge < -0.3 is 19.5 Å². The van der Waals surface area contributed by atoms with E-state index in [1.54, 1.807) is 13.2 Å². The fraction of sp³-hybridized carbons (Fsp3) is 0.469. The molecule has 39 heavy (non-hydrogen) atoms. The molecular weight excluding hydrogens is 494 g/mol. The van der Waals surface area contributed by atoms with E-state index in [1.807, 2.05) is 13.0 Å². The molecule has 1 amide bonds. The summed E-state index contributed by atoms with van der Waals surface area (Å²) in [4.78, 5) is 39.2. The van der Waals surface area contributed by atoms with Crippen molar-refractivity contribution in [3.8, 4) is 24.7 Å². The second kappa shape index (κ2) is 12.8. The Balaban J connectivity index is 2.06. The van der Waals surface area contributed by atoms with Gasteiger partial charge in [0.1, 0.15) is 0 Å². The Morgan fingerprint density at radius 2 is 1.77 bits per heavy atom. The molecule has 0 saturated heterocycles. The smallest absolute Gasteiger partial charge is 0.290 e. The maximum Gasteiger partial charge on any atom is 0.290 e. The number of fused-ring (bicyclic) bond motifs is 2. The van der Waals surface area contributed by atoms with Crippen molar-refractivity contribution >= 4 is 17.5 Å². The standard InChI is InChI=1S/C32H37NO6/c1-8-22-15-20(3)16-23(9-2)18-24-28(35)25(19-26(34)29(24)38-6)33-31(36)27(37-5)11-10-12-32(13-14-32)30(39-7)21(4)17-22/h1-2,10-12,17,19-20,22-23,30H,13-16,18H2,3-7H3,(H,33,36)/b12-10-,21-17+,27-11-/t20-,22-,23+,30+/m1/s1. The van der Waals surface area contributed by atoms with Crippen LogP contribution in [0.4, 0.5) is 0 Å². The number of nitrogens with one attached hydrogen (secondary N) is 1. The Morgan fingerprint density at radius 1 is 1.05 bits per heavy atom.